The Morgan fingerprint density at radius 2 is 1.86 bits per heavy atom. The Morgan fingerprint density at radius 1 is 1.17 bits per heavy atom. The Bertz CT molecular complexity index is 827. The van der Waals surface area contributed by atoms with Gasteiger partial charge < -0.3 is 21.1 Å². The van der Waals surface area contributed by atoms with E-state index in [9.17, 15) is 14.7 Å². The molecule has 35 heavy (non-hydrogen) atoms. The van der Waals surface area contributed by atoms with Gasteiger partial charge in [0.1, 0.15) is 17.4 Å². The average Bonchev–Trinajstić information content (AvgIpc) is 2.84. The Labute approximate surface area is 221 Å². The van der Waals surface area contributed by atoms with Gasteiger partial charge in [0.15, 0.2) is 0 Å². The second kappa shape index (κ2) is 13.1. The molecular weight excluding hydrogens is 489 g/mol. The van der Waals surface area contributed by atoms with E-state index in [1.165, 1.54) is 6.42 Å². The molecule has 4 rings (SSSR count). The number of nitrogen functional groups attached to an aromatic ring is 1. The summed E-state index contributed by atoms with van der Waals surface area (Å²) in [5.74, 6) is 0.403. The van der Waals surface area contributed by atoms with Gasteiger partial charge in [-0.15, -0.1) is 24.8 Å². The quantitative estimate of drug-likeness (QED) is 0.500. The first-order valence-electron chi connectivity index (χ1n) is 12.7. The predicted octanol–water partition coefficient (Wildman–Crippen LogP) is 2.91. The number of aromatic nitrogens is 1. The highest BCUT2D eigenvalue weighted by Gasteiger charge is 2.55. The molecule has 0 aromatic carbocycles. The molecular formula is C25H41Cl2N5O3. The number of likely N-dealkylation sites (tertiary alicyclic amines) is 1. The lowest BCUT2D eigenvalue weighted by atomic mass is 9.78. The number of amides is 2. The molecule has 2 amide bonds. The van der Waals surface area contributed by atoms with E-state index in [0.29, 0.717) is 25.2 Å². The maximum Gasteiger partial charge on any atom is 0.248 e. The van der Waals surface area contributed by atoms with Crippen molar-refractivity contribution in [3.05, 3.63) is 23.9 Å². The normalized spacial score (nSPS) is 23.8. The minimum absolute atomic E-state index is 0. The maximum absolute atomic E-state index is 13.7. The molecule has 1 aliphatic carbocycles. The smallest absolute Gasteiger partial charge is 0.248 e. The zero-order chi connectivity index (χ0) is 23.4. The highest BCUT2D eigenvalue weighted by atomic mass is 35.5. The summed E-state index contributed by atoms with van der Waals surface area (Å²) >= 11 is 0. The number of hydrogen-bond acceptors (Lipinski definition) is 6. The molecule has 1 aromatic rings. The summed E-state index contributed by atoms with van der Waals surface area (Å²) in [5, 5.41) is 14.0. The van der Waals surface area contributed by atoms with E-state index in [0.717, 1.165) is 63.7 Å². The van der Waals surface area contributed by atoms with Crippen LogP contribution < -0.4 is 11.1 Å². The van der Waals surface area contributed by atoms with Crippen molar-refractivity contribution in [3.8, 4) is 0 Å². The lowest BCUT2D eigenvalue weighted by Gasteiger charge is -2.52. The number of nitrogens with two attached hydrogens (primary N) is 1. The number of piperazine rings is 1. The summed E-state index contributed by atoms with van der Waals surface area (Å²) in [6.45, 7) is 4.86. The van der Waals surface area contributed by atoms with Crippen molar-refractivity contribution in [2.75, 3.05) is 25.4 Å². The molecule has 0 radical (unpaired) electrons. The van der Waals surface area contributed by atoms with Crippen molar-refractivity contribution in [2.45, 2.75) is 88.9 Å². The van der Waals surface area contributed by atoms with Gasteiger partial charge in [0.05, 0.1) is 6.10 Å². The van der Waals surface area contributed by atoms with Crippen LogP contribution in [-0.4, -0.2) is 69.0 Å². The Balaban J connectivity index is 0.00000216. The van der Waals surface area contributed by atoms with E-state index >= 15 is 0 Å². The van der Waals surface area contributed by atoms with Crippen LogP contribution in [0.2, 0.25) is 0 Å². The second-order valence-corrected chi connectivity index (χ2v) is 10.1. The number of carbonyl (C=O) groups is 2. The number of rotatable bonds is 7. The van der Waals surface area contributed by atoms with Crippen LogP contribution in [0.3, 0.4) is 0 Å². The van der Waals surface area contributed by atoms with Crippen LogP contribution in [0.1, 0.15) is 70.3 Å². The third kappa shape index (κ3) is 6.40. The fourth-order valence-electron chi connectivity index (χ4n) is 5.82. The molecule has 2 saturated heterocycles. The molecule has 3 fully saturated rings. The third-order valence-electron chi connectivity index (χ3n) is 7.90. The van der Waals surface area contributed by atoms with Crippen molar-refractivity contribution < 1.29 is 14.7 Å². The highest BCUT2D eigenvalue weighted by Crippen LogP contribution is 2.36. The topological polar surface area (TPSA) is 112 Å². The minimum Gasteiger partial charge on any atom is -0.390 e. The number of piperidine rings is 1. The van der Waals surface area contributed by atoms with Gasteiger partial charge in [0, 0.05) is 32.4 Å². The molecule has 8 nitrogen and oxygen atoms in total. The van der Waals surface area contributed by atoms with Crippen LogP contribution >= 0.6 is 24.8 Å². The van der Waals surface area contributed by atoms with Crippen molar-refractivity contribution in [3.63, 3.8) is 0 Å². The largest absolute Gasteiger partial charge is 0.390 e. The van der Waals surface area contributed by atoms with Gasteiger partial charge >= 0.3 is 0 Å². The van der Waals surface area contributed by atoms with Gasteiger partial charge in [-0.25, -0.2) is 4.98 Å². The molecule has 1 saturated carbocycles. The lowest BCUT2D eigenvalue weighted by molar-refractivity contribution is -0.166. The monoisotopic (exact) mass is 529 g/mol. The summed E-state index contributed by atoms with van der Waals surface area (Å²) < 4.78 is 0. The Kier molecular flexibility index (Phi) is 11.1. The first-order chi connectivity index (χ1) is 15.9. The fraction of sp³-hybridized carbons (Fsp3) is 0.720. The molecule has 0 bridgehead atoms. The van der Waals surface area contributed by atoms with Gasteiger partial charge in [-0.3, -0.25) is 14.5 Å². The number of unbranched alkanes of at least 4 members (excludes halogenated alkanes) is 1. The highest BCUT2D eigenvalue weighted by molar-refractivity contribution is 6.00. The molecule has 1 aromatic heterocycles. The molecule has 3 aliphatic rings. The summed E-state index contributed by atoms with van der Waals surface area (Å²) in [6, 6.07) is 2.97. The van der Waals surface area contributed by atoms with E-state index in [1.807, 2.05) is 11.0 Å². The average molecular weight is 531 g/mol. The SMILES string of the molecule is CCCCN1C(=O)[C@@H]([C@H](O)C2CCCCC2)NC(=O)C12CCN(Cc1ccc(N)nc1)CC2.Cl.Cl. The molecule has 1 spiro atoms. The maximum atomic E-state index is 13.7. The van der Waals surface area contributed by atoms with Gasteiger partial charge in [-0.05, 0) is 49.7 Å². The van der Waals surface area contributed by atoms with Crippen LogP contribution in [-0.2, 0) is 16.1 Å². The van der Waals surface area contributed by atoms with Crippen molar-refractivity contribution >= 4 is 42.4 Å². The molecule has 4 N–H and O–H groups in total. The van der Waals surface area contributed by atoms with E-state index < -0.39 is 17.7 Å². The first-order valence-corrected chi connectivity index (χ1v) is 12.7. The zero-order valence-corrected chi connectivity index (χ0v) is 22.3. The number of halogens is 2. The number of pyridine rings is 1. The first kappa shape index (κ1) is 29.6. The molecule has 10 heteroatoms. The van der Waals surface area contributed by atoms with E-state index in [4.69, 9.17) is 5.73 Å². The van der Waals surface area contributed by atoms with E-state index in [2.05, 4.69) is 22.1 Å². The van der Waals surface area contributed by atoms with Crippen LogP contribution in [0.25, 0.3) is 0 Å². The van der Waals surface area contributed by atoms with Crippen molar-refractivity contribution in [2.24, 2.45) is 5.92 Å². The summed E-state index contributed by atoms with van der Waals surface area (Å²) in [5.41, 5.74) is 5.96. The van der Waals surface area contributed by atoms with Crippen LogP contribution in [0.5, 0.6) is 0 Å². The van der Waals surface area contributed by atoms with E-state index in [-0.39, 0.29) is 42.5 Å². The van der Waals surface area contributed by atoms with Gasteiger partial charge in [-0.1, -0.05) is 38.7 Å². The second-order valence-electron chi connectivity index (χ2n) is 10.1. The van der Waals surface area contributed by atoms with Crippen LogP contribution in [0.4, 0.5) is 5.82 Å². The molecule has 2 atom stereocenters. The standard InChI is InChI=1S/C25H39N5O3.2ClH/c1-2-3-13-30-23(32)21(22(31)19-7-5-4-6-8-19)28-24(33)25(30)11-14-29(15-12-25)17-18-9-10-20(26)27-16-18;;/h9-10,16,19,21-22,31H,2-8,11-15,17H2,1H3,(H2,26,27)(H,28,33);2*1H/t21-,22-;;/m1../s1. The molecule has 2 aliphatic heterocycles. The number of anilines is 1. The Hall–Kier alpha value is -1.61. The minimum atomic E-state index is -0.818. The summed E-state index contributed by atoms with van der Waals surface area (Å²) in [7, 11) is 0. The Morgan fingerprint density at radius 3 is 2.46 bits per heavy atom. The third-order valence-corrected chi connectivity index (χ3v) is 7.90. The molecule has 198 valence electrons. The lowest BCUT2D eigenvalue weighted by Crippen LogP contribution is -2.75. The van der Waals surface area contributed by atoms with Gasteiger partial charge in [0.2, 0.25) is 11.8 Å². The van der Waals surface area contributed by atoms with Gasteiger partial charge in [0.25, 0.3) is 0 Å². The number of nitrogens with zero attached hydrogens (tertiary/aromatic N) is 3. The van der Waals surface area contributed by atoms with Crippen LogP contribution in [0.15, 0.2) is 18.3 Å². The number of aliphatic hydroxyl groups is 1. The number of aliphatic hydroxyl groups excluding tert-OH is 1. The number of hydrogen-bond donors (Lipinski definition) is 3. The number of nitrogens with one attached hydrogen (secondary N) is 1. The van der Waals surface area contributed by atoms with E-state index in [1.54, 1.807) is 12.3 Å². The van der Waals surface area contributed by atoms with Crippen molar-refractivity contribution in [1.82, 2.24) is 20.1 Å². The predicted molar refractivity (Wildman–Crippen MR) is 142 cm³/mol. The zero-order valence-electron chi connectivity index (χ0n) is 20.7. The fourth-order valence-corrected chi connectivity index (χ4v) is 5.82. The van der Waals surface area contributed by atoms with Crippen LogP contribution in [0, 0.1) is 5.92 Å². The van der Waals surface area contributed by atoms with Gasteiger partial charge in [-0.2, -0.15) is 0 Å². The summed E-state index contributed by atoms with van der Waals surface area (Å²) in [6.07, 6.45) is 9.20. The molecule has 0 unspecified atom stereocenters. The van der Waals surface area contributed by atoms with Crippen molar-refractivity contribution in [1.29, 1.82) is 0 Å². The number of carbonyl (C=O) groups excluding carboxylic acids is 2. The summed E-state index contributed by atoms with van der Waals surface area (Å²) in [4.78, 5) is 35.5. The molecule has 3 heterocycles.